The van der Waals surface area contributed by atoms with Crippen LogP contribution in [0.5, 0.6) is 0 Å². The van der Waals surface area contributed by atoms with Gasteiger partial charge < -0.3 is 4.74 Å². The molecule has 3 heterocycles. The number of ether oxygens (including phenoxy) is 1. The Morgan fingerprint density at radius 1 is 0.967 bits per heavy atom. The largest absolute Gasteiger partial charge is 0.369 e. The molecule has 5 heteroatoms. The van der Waals surface area contributed by atoms with Gasteiger partial charge in [0.05, 0.1) is 17.8 Å². The van der Waals surface area contributed by atoms with Crippen molar-refractivity contribution >= 4 is 10.9 Å². The summed E-state index contributed by atoms with van der Waals surface area (Å²) in [5, 5.41) is 1.19. The summed E-state index contributed by atoms with van der Waals surface area (Å²) in [5.74, 6) is -0.239. The van der Waals surface area contributed by atoms with Crippen molar-refractivity contribution in [2.45, 2.75) is 12.6 Å². The van der Waals surface area contributed by atoms with Gasteiger partial charge in [0.15, 0.2) is 0 Å². The minimum atomic E-state index is -0.239. The Bertz CT molecular complexity index is 1160. The van der Waals surface area contributed by atoms with Crippen LogP contribution in [0.4, 0.5) is 4.39 Å². The number of rotatable bonds is 4. The second-order valence-electron chi connectivity index (χ2n) is 7.53. The molecule has 150 valence electrons. The Morgan fingerprint density at radius 2 is 1.90 bits per heavy atom. The van der Waals surface area contributed by atoms with Gasteiger partial charge in [-0.05, 0) is 29.8 Å². The van der Waals surface area contributed by atoms with Gasteiger partial charge in [-0.15, -0.1) is 0 Å². The molecule has 0 bridgehead atoms. The molecule has 30 heavy (non-hydrogen) atoms. The van der Waals surface area contributed by atoms with Gasteiger partial charge in [-0.25, -0.2) is 4.39 Å². The zero-order valence-corrected chi connectivity index (χ0v) is 16.5. The lowest BCUT2D eigenvalue weighted by atomic mass is 10.1. The lowest BCUT2D eigenvalue weighted by Crippen LogP contribution is -2.38. The van der Waals surface area contributed by atoms with Crippen molar-refractivity contribution in [2.75, 3.05) is 19.7 Å². The Kier molecular flexibility index (Phi) is 5.22. The number of hydrogen-bond acceptors (Lipinski definition) is 4. The molecule has 5 rings (SSSR count). The van der Waals surface area contributed by atoms with E-state index in [-0.39, 0.29) is 11.9 Å². The highest BCUT2D eigenvalue weighted by atomic mass is 19.1. The summed E-state index contributed by atoms with van der Waals surface area (Å²) in [6.45, 7) is 3.14. The van der Waals surface area contributed by atoms with Gasteiger partial charge in [-0.2, -0.15) is 0 Å². The van der Waals surface area contributed by atoms with Crippen molar-refractivity contribution in [1.82, 2.24) is 14.9 Å². The maximum Gasteiger partial charge on any atom is 0.131 e. The fourth-order valence-electron chi connectivity index (χ4n) is 4.02. The third-order valence-corrected chi connectivity index (χ3v) is 5.58. The molecule has 1 saturated heterocycles. The van der Waals surface area contributed by atoms with Crippen LogP contribution in [0.2, 0.25) is 0 Å². The summed E-state index contributed by atoms with van der Waals surface area (Å²) in [7, 11) is 0. The van der Waals surface area contributed by atoms with E-state index < -0.39 is 0 Å². The standard InChI is InChI=1S/C25H22FN3O/c26-22-8-2-1-6-20(22)18-10-11-24(28-15-18)25-17-29(13-14-30-25)16-19-5-3-9-23-21(19)7-4-12-27-23/h1-12,15,25H,13-14,16-17H2. The van der Waals surface area contributed by atoms with Crippen LogP contribution >= 0.6 is 0 Å². The minimum absolute atomic E-state index is 0.0958. The van der Waals surface area contributed by atoms with Gasteiger partial charge in [-0.3, -0.25) is 14.9 Å². The smallest absolute Gasteiger partial charge is 0.131 e. The zero-order valence-electron chi connectivity index (χ0n) is 16.5. The first-order chi connectivity index (χ1) is 14.8. The lowest BCUT2D eigenvalue weighted by molar-refractivity contribution is -0.0348. The van der Waals surface area contributed by atoms with E-state index in [4.69, 9.17) is 4.74 Å². The first kappa shape index (κ1) is 18.9. The summed E-state index contributed by atoms with van der Waals surface area (Å²) in [4.78, 5) is 11.4. The van der Waals surface area contributed by atoms with Gasteiger partial charge >= 0.3 is 0 Å². The number of aromatic nitrogens is 2. The lowest BCUT2D eigenvalue weighted by Gasteiger charge is -2.33. The minimum Gasteiger partial charge on any atom is -0.369 e. The number of nitrogens with zero attached hydrogens (tertiary/aromatic N) is 3. The first-order valence-corrected chi connectivity index (χ1v) is 10.2. The maximum absolute atomic E-state index is 14.0. The zero-order chi connectivity index (χ0) is 20.3. The Labute approximate surface area is 175 Å². The molecular weight excluding hydrogens is 377 g/mol. The van der Waals surface area contributed by atoms with Crippen LogP contribution in [0.15, 0.2) is 79.1 Å². The van der Waals surface area contributed by atoms with E-state index in [1.165, 1.54) is 17.0 Å². The van der Waals surface area contributed by atoms with Crippen molar-refractivity contribution in [3.05, 3.63) is 96.2 Å². The van der Waals surface area contributed by atoms with Crippen LogP contribution < -0.4 is 0 Å². The molecule has 0 saturated carbocycles. The monoisotopic (exact) mass is 399 g/mol. The predicted octanol–water partition coefficient (Wildman–Crippen LogP) is 5.01. The number of hydrogen-bond donors (Lipinski definition) is 0. The molecule has 1 aliphatic rings. The molecule has 0 N–H and O–H groups in total. The molecule has 2 aromatic carbocycles. The van der Waals surface area contributed by atoms with E-state index in [0.29, 0.717) is 12.2 Å². The Balaban J connectivity index is 1.32. The van der Waals surface area contributed by atoms with Crippen LogP contribution in [0.1, 0.15) is 17.4 Å². The average molecular weight is 399 g/mol. The highest BCUT2D eigenvalue weighted by Gasteiger charge is 2.23. The average Bonchev–Trinajstić information content (AvgIpc) is 2.80. The number of fused-ring (bicyclic) bond motifs is 1. The van der Waals surface area contributed by atoms with Crippen LogP contribution in [0.25, 0.3) is 22.0 Å². The molecule has 1 aliphatic heterocycles. The second kappa shape index (κ2) is 8.30. The third kappa shape index (κ3) is 3.82. The van der Waals surface area contributed by atoms with E-state index >= 15 is 0 Å². The summed E-state index contributed by atoms with van der Waals surface area (Å²) < 4.78 is 20.0. The van der Waals surface area contributed by atoms with E-state index in [0.717, 1.165) is 36.4 Å². The number of halogens is 1. The van der Waals surface area contributed by atoms with Crippen LogP contribution in [0.3, 0.4) is 0 Å². The molecule has 2 aromatic heterocycles. The fourth-order valence-corrected chi connectivity index (χ4v) is 4.02. The number of benzene rings is 2. The molecule has 1 atom stereocenters. The summed E-state index contributed by atoms with van der Waals surface area (Å²) in [5.41, 5.74) is 4.49. The number of morpholine rings is 1. The maximum atomic E-state index is 14.0. The van der Waals surface area contributed by atoms with Gasteiger partial charge in [0.25, 0.3) is 0 Å². The molecule has 1 unspecified atom stereocenters. The topological polar surface area (TPSA) is 38.2 Å². The quantitative estimate of drug-likeness (QED) is 0.484. The molecule has 4 aromatic rings. The summed E-state index contributed by atoms with van der Waals surface area (Å²) >= 11 is 0. The van der Waals surface area contributed by atoms with Crippen molar-refractivity contribution in [3.8, 4) is 11.1 Å². The first-order valence-electron chi connectivity index (χ1n) is 10.2. The van der Waals surface area contributed by atoms with Crippen molar-refractivity contribution < 1.29 is 9.13 Å². The van der Waals surface area contributed by atoms with Crippen molar-refractivity contribution in [3.63, 3.8) is 0 Å². The van der Waals surface area contributed by atoms with Crippen LogP contribution in [0, 0.1) is 5.82 Å². The fraction of sp³-hybridized carbons (Fsp3) is 0.200. The molecule has 4 nitrogen and oxygen atoms in total. The van der Waals surface area contributed by atoms with E-state index in [9.17, 15) is 4.39 Å². The van der Waals surface area contributed by atoms with Gasteiger partial charge in [0, 0.05) is 48.5 Å². The third-order valence-electron chi connectivity index (χ3n) is 5.58. The van der Waals surface area contributed by atoms with Crippen molar-refractivity contribution in [1.29, 1.82) is 0 Å². The van der Waals surface area contributed by atoms with Gasteiger partial charge in [0.1, 0.15) is 11.9 Å². The highest BCUT2D eigenvalue weighted by molar-refractivity contribution is 5.81. The molecule has 0 aliphatic carbocycles. The van der Waals surface area contributed by atoms with Crippen LogP contribution in [-0.2, 0) is 11.3 Å². The number of pyridine rings is 2. The summed E-state index contributed by atoms with van der Waals surface area (Å²) in [6, 6.07) is 21.0. The van der Waals surface area contributed by atoms with E-state index in [1.807, 2.05) is 36.5 Å². The van der Waals surface area contributed by atoms with Gasteiger partial charge in [-0.1, -0.05) is 42.5 Å². The Hall–Kier alpha value is -3.15. The molecular formula is C25H22FN3O. The summed E-state index contributed by atoms with van der Waals surface area (Å²) in [6.07, 6.45) is 3.46. The van der Waals surface area contributed by atoms with Gasteiger partial charge in [0.2, 0.25) is 0 Å². The molecule has 0 spiro atoms. The normalized spacial score (nSPS) is 17.3. The molecule has 0 radical (unpaired) electrons. The highest BCUT2D eigenvalue weighted by Crippen LogP contribution is 2.27. The SMILES string of the molecule is Fc1ccccc1-c1ccc(C2CN(Cc3cccc4ncccc34)CCO2)nc1. The molecule has 1 fully saturated rings. The second-order valence-corrected chi connectivity index (χ2v) is 7.53. The van der Waals surface area contributed by atoms with Crippen molar-refractivity contribution in [2.24, 2.45) is 0 Å². The van der Waals surface area contributed by atoms with E-state index in [2.05, 4.69) is 33.1 Å². The van der Waals surface area contributed by atoms with E-state index in [1.54, 1.807) is 18.3 Å². The molecule has 0 amide bonds. The predicted molar refractivity (Wildman–Crippen MR) is 115 cm³/mol. The van der Waals surface area contributed by atoms with Crippen LogP contribution in [-0.4, -0.2) is 34.6 Å². The Morgan fingerprint density at radius 3 is 2.77 bits per heavy atom.